The summed E-state index contributed by atoms with van der Waals surface area (Å²) in [6, 6.07) is 3.84. The quantitative estimate of drug-likeness (QED) is 0.442. The average molecular weight is 310 g/mol. The van der Waals surface area contributed by atoms with Crippen LogP contribution in [0.25, 0.3) is 5.57 Å². The number of nitrogens with zero attached hydrogens (tertiary/aromatic N) is 2. The van der Waals surface area contributed by atoms with E-state index in [1.54, 1.807) is 0 Å². The van der Waals surface area contributed by atoms with Crippen molar-refractivity contribution in [1.29, 1.82) is 0 Å². The normalized spacial score (nSPS) is 18.0. The first-order chi connectivity index (χ1) is 10.1. The minimum Gasteiger partial charge on any atom is -0.360 e. The lowest BCUT2D eigenvalue weighted by Crippen LogP contribution is -2.25. The van der Waals surface area contributed by atoms with Crippen LogP contribution in [0.5, 0.6) is 0 Å². The van der Waals surface area contributed by atoms with E-state index < -0.39 is 6.43 Å². The van der Waals surface area contributed by atoms with E-state index in [2.05, 4.69) is 9.89 Å². The van der Waals surface area contributed by atoms with E-state index in [1.807, 2.05) is 37.4 Å². The summed E-state index contributed by atoms with van der Waals surface area (Å²) >= 11 is 1.54. The van der Waals surface area contributed by atoms with Crippen LogP contribution in [0.1, 0.15) is 31.6 Å². The van der Waals surface area contributed by atoms with Gasteiger partial charge in [-0.3, -0.25) is 0 Å². The van der Waals surface area contributed by atoms with Gasteiger partial charge in [0.15, 0.2) is 0 Å². The molecule has 2 rings (SSSR count). The predicted octanol–water partition coefficient (Wildman–Crippen LogP) is 4.81. The van der Waals surface area contributed by atoms with Crippen LogP contribution in [0.3, 0.4) is 0 Å². The monoisotopic (exact) mass is 310 g/mol. The van der Waals surface area contributed by atoms with Crippen LogP contribution in [-0.4, -0.2) is 30.3 Å². The molecule has 1 aliphatic rings. The molecule has 0 aromatic carbocycles. The van der Waals surface area contributed by atoms with Crippen molar-refractivity contribution in [1.82, 2.24) is 4.90 Å². The number of thiophene rings is 1. The van der Waals surface area contributed by atoms with Crippen molar-refractivity contribution in [2.45, 2.75) is 33.1 Å². The highest BCUT2D eigenvalue weighted by Crippen LogP contribution is 2.25. The Balaban J connectivity index is 2.25. The molecule has 5 heteroatoms. The van der Waals surface area contributed by atoms with Crippen molar-refractivity contribution in [2.75, 3.05) is 13.1 Å². The van der Waals surface area contributed by atoms with Gasteiger partial charge in [-0.25, -0.2) is 13.8 Å². The largest absolute Gasteiger partial charge is 0.360 e. The fourth-order valence-electron chi connectivity index (χ4n) is 2.34. The molecule has 21 heavy (non-hydrogen) atoms. The molecule has 1 aliphatic heterocycles. The Morgan fingerprint density at radius 2 is 2.10 bits per heavy atom. The van der Waals surface area contributed by atoms with Gasteiger partial charge in [-0.15, -0.1) is 11.3 Å². The smallest absolute Gasteiger partial charge is 0.280 e. The highest BCUT2D eigenvalue weighted by Gasteiger charge is 2.16. The Hall–Kier alpha value is -1.49. The van der Waals surface area contributed by atoms with Gasteiger partial charge in [0, 0.05) is 18.0 Å². The number of likely N-dealkylation sites (tertiary alicyclic amines) is 1. The molecule has 0 bridgehead atoms. The minimum atomic E-state index is -2.57. The maximum absolute atomic E-state index is 13.3. The summed E-state index contributed by atoms with van der Waals surface area (Å²) in [7, 11) is 0. The number of halogens is 2. The molecule has 0 radical (unpaired) electrons. The van der Waals surface area contributed by atoms with Crippen LogP contribution in [0, 0.1) is 0 Å². The molecule has 0 aliphatic carbocycles. The summed E-state index contributed by atoms with van der Waals surface area (Å²) in [5, 5.41) is 1.94. The average Bonchev–Trinajstić information content (AvgIpc) is 3.14. The number of hydrogen-bond acceptors (Lipinski definition) is 2. The summed E-state index contributed by atoms with van der Waals surface area (Å²) in [5.74, 6) is 0.681. The zero-order chi connectivity index (χ0) is 15.2. The molecule has 0 unspecified atom stereocenters. The SMILES string of the molecule is CC=C(/C=C(\N=C(C)N1CCCC1)C(F)F)c1cccs1. The molecule has 0 amide bonds. The van der Waals surface area contributed by atoms with Gasteiger partial charge in [0.1, 0.15) is 11.5 Å². The van der Waals surface area contributed by atoms with Crippen LogP contribution in [0.15, 0.2) is 40.4 Å². The third-order valence-electron chi connectivity index (χ3n) is 3.50. The van der Waals surface area contributed by atoms with Crippen LogP contribution in [-0.2, 0) is 0 Å². The van der Waals surface area contributed by atoms with Gasteiger partial charge in [-0.1, -0.05) is 12.1 Å². The van der Waals surface area contributed by atoms with Crippen LogP contribution < -0.4 is 0 Å². The fourth-order valence-corrected chi connectivity index (χ4v) is 3.11. The van der Waals surface area contributed by atoms with Crippen LogP contribution in [0.4, 0.5) is 8.78 Å². The minimum absolute atomic E-state index is 0.166. The van der Waals surface area contributed by atoms with Gasteiger partial charge in [-0.2, -0.15) is 0 Å². The van der Waals surface area contributed by atoms with Gasteiger partial charge < -0.3 is 4.90 Å². The van der Waals surface area contributed by atoms with Crippen molar-refractivity contribution in [3.8, 4) is 0 Å². The molecule has 1 saturated heterocycles. The van der Waals surface area contributed by atoms with Gasteiger partial charge in [0.2, 0.25) is 0 Å². The maximum atomic E-state index is 13.3. The third kappa shape index (κ3) is 4.24. The fraction of sp³-hybridized carbons (Fsp3) is 0.438. The third-order valence-corrected chi connectivity index (χ3v) is 4.42. The first kappa shape index (κ1) is 15.9. The van der Waals surface area contributed by atoms with Crippen LogP contribution >= 0.6 is 11.3 Å². The number of alkyl halides is 2. The molecular formula is C16H20F2N2S. The maximum Gasteiger partial charge on any atom is 0.280 e. The second-order valence-electron chi connectivity index (χ2n) is 4.94. The van der Waals surface area contributed by atoms with Gasteiger partial charge in [-0.05, 0) is 49.8 Å². The van der Waals surface area contributed by atoms with Gasteiger partial charge in [0.05, 0.1) is 0 Å². The van der Waals surface area contributed by atoms with Crippen molar-refractivity contribution >= 4 is 22.7 Å². The molecular weight excluding hydrogens is 290 g/mol. The Bertz CT molecular complexity index is 539. The summed E-state index contributed by atoms with van der Waals surface area (Å²) < 4.78 is 26.5. The highest BCUT2D eigenvalue weighted by atomic mass is 32.1. The van der Waals surface area contributed by atoms with E-state index in [-0.39, 0.29) is 5.70 Å². The van der Waals surface area contributed by atoms with Gasteiger partial charge >= 0.3 is 0 Å². The first-order valence-corrected chi connectivity index (χ1v) is 8.00. The summed E-state index contributed by atoms with van der Waals surface area (Å²) in [5.41, 5.74) is 0.624. The van der Waals surface area contributed by atoms with E-state index in [4.69, 9.17) is 0 Å². The molecule has 114 valence electrons. The number of hydrogen-bond donors (Lipinski definition) is 0. The highest BCUT2D eigenvalue weighted by molar-refractivity contribution is 7.11. The van der Waals surface area contributed by atoms with Crippen molar-refractivity contribution in [3.05, 3.63) is 40.2 Å². The lowest BCUT2D eigenvalue weighted by atomic mass is 10.2. The molecule has 1 aromatic rings. The number of aliphatic imine (C=N–C) groups is 1. The second-order valence-corrected chi connectivity index (χ2v) is 5.89. The number of allylic oxidation sites excluding steroid dienone is 4. The summed E-state index contributed by atoms with van der Waals surface area (Å²) in [4.78, 5) is 7.22. The second kappa shape index (κ2) is 7.50. The summed E-state index contributed by atoms with van der Waals surface area (Å²) in [6.45, 7) is 5.48. The zero-order valence-electron chi connectivity index (χ0n) is 12.4. The molecule has 1 fully saturated rings. The predicted molar refractivity (Wildman–Crippen MR) is 86.0 cm³/mol. The Labute approximate surface area is 128 Å². The van der Waals surface area contributed by atoms with E-state index in [0.29, 0.717) is 5.84 Å². The van der Waals surface area contributed by atoms with E-state index in [1.165, 1.54) is 17.4 Å². The van der Waals surface area contributed by atoms with Gasteiger partial charge in [0.25, 0.3) is 6.43 Å². The molecule has 2 nitrogen and oxygen atoms in total. The van der Waals surface area contributed by atoms with E-state index >= 15 is 0 Å². The lowest BCUT2D eigenvalue weighted by Gasteiger charge is -2.17. The Morgan fingerprint density at radius 1 is 1.38 bits per heavy atom. The van der Waals surface area contributed by atoms with Crippen molar-refractivity contribution < 1.29 is 8.78 Å². The summed E-state index contributed by atoms with van der Waals surface area (Å²) in [6.07, 6.45) is 2.98. The lowest BCUT2D eigenvalue weighted by molar-refractivity contribution is 0.188. The molecule has 0 saturated carbocycles. The molecule has 0 spiro atoms. The van der Waals surface area contributed by atoms with E-state index in [9.17, 15) is 8.78 Å². The Morgan fingerprint density at radius 3 is 2.62 bits per heavy atom. The van der Waals surface area contributed by atoms with E-state index in [0.717, 1.165) is 36.4 Å². The standard InChI is InChI=1S/C16H20F2N2S/c1-3-13(15-7-6-10-21-15)11-14(16(17)18)19-12(2)20-8-4-5-9-20/h3,6-7,10-11,16H,4-5,8-9H2,1-2H3/b13-3?,14-11-,19-12?. The molecule has 0 atom stereocenters. The molecule has 2 heterocycles. The first-order valence-electron chi connectivity index (χ1n) is 7.12. The number of rotatable bonds is 4. The molecule has 1 aromatic heterocycles. The van der Waals surface area contributed by atoms with Crippen molar-refractivity contribution in [2.24, 2.45) is 4.99 Å². The van der Waals surface area contributed by atoms with Crippen molar-refractivity contribution in [3.63, 3.8) is 0 Å². The number of amidine groups is 1. The van der Waals surface area contributed by atoms with Crippen LogP contribution in [0.2, 0.25) is 0 Å². The topological polar surface area (TPSA) is 15.6 Å². The Kier molecular flexibility index (Phi) is 5.67. The zero-order valence-corrected chi connectivity index (χ0v) is 13.2. The molecule has 0 N–H and O–H groups in total.